The Hall–Kier alpha value is -2.02. The Balaban J connectivity index is 1.87. The zero-order chi connectivity index (χ0) is 18.2. The van der Waals surface area contributed by atoms with Crippen molar-refractivity contribution >= 4 is 38.9 Å². The van der Waals surface area contributed by atoms with E-state index in [1.54, 1.807) is 25.1 Å². The summed E-state index contributed by atoms with van der Waals surface area (Å²) in [6.07, 6.45) is 0. The molecule has 25 heavy (non-hydrogen) atoms. The van der Waals surface area contributed by atoms with Crippen molar-refractivity contribution in [3.05, 3.63) is 64.2 Å². The first kappa shape index (κ1) is 17.8. The van der Waals surface area contributed by atoms with E-state index in [-0.39, 0.29) is 9.92 Å². The van der Waals surface area contributed by atoms with Crippen LogP contribution in [0.5, 0.6) is 0 Å². The molecule has 0 aliphatic heterocycles. The van der Waals surface area contributed by atoms with E-state index in [2.05, 4.69) is 9.71 Å². The van der Waals surface area contributed by atoms with Crippen LogP contribution in [0.2, 0.25) is 10.0 Å². The molecule has 0 radical (unpaired) electrons. The molecule has 0 saturated heterocycles. The molecule has 0 saturated carbocycles. The first-order valence-electron chi connectivity index (χ1n) is 7.28. The molecule has 1 heterocycles. The lowest BCUT2D eigenvalue weighted by atomic mass is 10.1. The van der Waals surface area contributed by atoms with Gasteiger partial charge in [0.2, 0.25) is 0 Å². The third-order valence-corrected chi connectivity index (χ3v) is 5.65. The number of aromatic nitrogens is 1. The molecule has 0 bridgehead atoms. The van der Waals surface area contributed by atoms with E-state index in [9.17, 15) is 8.42 Å². The maximum Gasteiger partial charge on any atom is 0.261 e. The second-order valence-corrected chi connectivity index (χ2v) is 7.89. The summed E-state index contributed by atoms with van der Waals surface area (Å²) in [4.78, 5) is 4.42. The molecule has 0 amide bonds. The topological polar surface area (TPSA) is 72.2 Å². The number of aryl methyl sites for hydroxylation is 2. The first-order chi connectivity index (χ1) is 11.8. The molecule has 0 unspecified atom stereocenters. The number of hydrogen-bond donors (Lipinski definition) is 1. The summed E-state index contributed by atoms with van der Waals surface area (Å²) in [6.45, 7) is 3.57. The fraction of sp³-hybridized carbons (Fsp3) is 0.118. The zero-order valence-corrected chi connectivity index (χ0v) is 15.7. The molecule has 1 aromatic heterocycles. The van der Waals surface area contributed by atoms with Crippen LogP contribution < -0.4 is 4.72 Å². The summed E-state index contributed by atoms with van der Waals surface area (Å²) >= 11 is 11.7. The predicted molar refractivity (Wildman–Crippen MR) is 98.7 cm³/mol. The number of hydrogen-bond acceptors (Lipinski definition) is 4. The van der Waals surface area contributed by atoms with Crippen molar-refractivity contribution in [2.24, 2.45) is 0 Å². The van der Waals surface area contributed by atoms with Crippen molar-refractivity contribution < 1.29 is 12.8 Å². The van der Waals surface area contributed by atoms with Crippen LogP contribution in [0.25, 0.3) is 11.3 Å². The second-order valence-electron chi connectivity index (χ2n) is 5.40. The van der Waals surface area contributed by atoms with E-state index in [0.717, 1.165) is 5.56 Å². The highest BCUT2D eigenvalue weighted by molar-refractivity contribution is 7.92. The van der Waals surface area contributed by atoms with Crippen molar-refractivity contribution in [1.29, 1.82) is 0 Å². The molecule has 8 heteroatoms. The quantitative estimate of drug-likeness (QED) is 0.668. The molecule has 2 aromatic carbocycles. The Kier molecular flexibility index (Phi) is 4.77. The summed E-state index contributed by atoms with van der Waals surface area (Å²) in [5, 5.41) is 0.626. The number of nitrogens with zero attached hydrogens (tertiary/aromatic N) is 1. The van der Waals surface area contributed by atoms with Crippen LogP contribution in [0.4, 0.5) is 5.69 Å². The normalized spacial score (nSPS) is 11.5. The van der Waals surface area contributed by atoms with Gasteiger partial charge >= 0.3 is 0 Å². The van der Waals surface area contributed by atoms with Crippen LogP contribution in [0, 0.1) is 13.8 Å². The summed E-state index contributed by atoms with van der Waals surface area (Å²) < 4.78 is 32.9. The second kappa shape index (κ2) is 6.71. The van der Waals surface area contributed by atoms with E-state index in [0.29, 0.717) is 28.1 Å². The molecule has 1 N–H and O–H groups in total. The summed E-state index contributed by atoms with van der Waals surface area (Å²) in [5.74, 6) is 1.24. The van der Waals surface area contributed by atoms with Gasteiger partial charge in [0.1, 0.15) is 11.5 Å². The molecule has 3 aromatic rings. The van der Waals surface area contributed by atoms with E-state index in [1.165, 1.54) is 24.3 Å². The number of halogens is 2. The molecule has 0 aliphatic carbocycles. The third kappa shape index (κ3) is 3.81. The highest BCUT2D eigenvalue weighted by atomic mass is 35.5. The molecule has 5 nitrogen and oxygen atoms in total. The van der Waals surface area contributed by atoms with Gasteiger partial charge < -0.3 is 4.42 Å². The van der Waals surface area contributed by atoms with Crippen molar-refractivity contribution in [2.45, 2.75) is 18.7 Å². The van der Waals surface area contributed by atoms with Crippen LogP contribution in [0.15, 0.2) is 51.8 Å². The maximum atomic E-state index is 12.5. The molecular formula is C17H14Cl2N2O3S. The van der Waals surface area contributed by atoms with Gasteiger partial charge in [0.15, 0.2) is 5.89 Å². The SMILES string of the molecule is Cc1nc(-c2ccc(S(=O)(=O)Nc3ccc(Cl)c(Cl)c3)cc2)c(C)o1. The Labute approximate surface area is 155 Å². The number of rotatable bonds is 4. The highest BCUT2D eigenvalue weighted by Crippen LogP contribution is 2.28. The number of nitrogens with one attached hydrogen (secondary N) is 1. The van der Waals surface area contributed by atoms with E-state index < -0.39 is 10.0 Å². The largest absolute Gasteiger partial charge is 0.446 e. The van der Waals surface area contributed by atoms with Gasteiger partial charge in [-0.15, -0.1) is 0 Å². The monoisotopic (exact) mass is 396 g/mol. The fourth-order valence-electron chi connectivity index (χ4n) is 2.36. The summed E-state index contributed by atoms with van der Waals surface area (Å²) in [6, 6.07) is 10.9. The van der Waals surface area contributed by atoms with Crippen LogP contribution in [0.1, 0.15) is 11.7 Å². The lowest BCUT2D eigenvalue weighted by molar-refractivity contribution is 0.495. The van der Waals surface area contributed by atoms with E-state index >= 15 is 0 Å². The minimum absolute atomic E-state index is 0.125. The summed E-state index contributed by atoms with van der Waals surface area (Å²) in [7, 11) is -3.74. The van der Waals surface area contributed by atoms with E-state index in [4.69, 9.17) is 27.6 Å². The number of anilines is 1. The number of benzene rings is 2. The Bertz CT molecular complexity index is 1030. The van der Waals surface area contributed by atoms with Crippen molar-refractivity contribution in [1.82, 2.24) is 4.98 Å². The summed E-state index contributed by atoms with van der Waals surface area (Å²) in [5.41, 5.74) is 1.81. The Morgan fingerprint density at radius 3 is 2.24 bits per heavy atom. The lowest BCUT2D eigenvalue weighted by Gasteiger charge is -2.09. The predicted octanol–water partition coefficient (Wildman–Crippen LogP) is 5.07. The standard InChI is InChI=1S/C17H14Cl2N2O3S/c1-10-17(20-11(2)24-10)12-3-6-14(7-4-12)25(22,23)21-13-5-8-15(18)16(19)9-13/h3-9,21H,1-2H3. The van der Waals surface area contributed by atoms with Crippen LogP contribution in [0.3, 0.4) is 0 Å². The van der Waals surface area contributed by atoms with Gasteiger partial charge in [0, 0.05) is 12.5 Å². The van der Waals surface area contributed by atoms with Crippen molar-refractivity contribution in [3.63, 3.8) is 0 Å². The Morgan fingerprint density at radius 2 is 1.68 bits per heavy atom. The number of sulfonamides is 1. The number of oxazole rings is 1. The average molecular weight is 397 g/mol. The highest BCUT2D eigenvalue weighted by Gasteiger charge is 2.16. The smallest absolute Gasteiger partial charge is 0.261 e. The molecule has 3 rings (SSSR count). The molecule has 0 spiro atoms. The molecule has 130 valence electrons. The van der Waals surface area contributed by atoms with Crippen LogP contribution >= 0.6 is 23.2 Å². The van der Waals surface area contributed by atoms with Gasteiger partial charge in [0.05, 0.1) is 20.6 Å². The van der Waals surface area contributed by atoms with Crippen molar-refractivity contribution in [3.8, 4) is 11.3 Å². The average Bonchev–Trinajstić information content (AvgIpc) is 2.89. The van der Waals surface area contributed by atoms with Gasteiger partial charge in [-0.1, -0.05) is 35.3 Å². The first-order valence-corrected chi connectivity index (χ1v) is 9.52. The maximum absolute atomic E-state index is 12.5. The molecule has 0 atom stereocenters. The Morgan fingerprint density at radius 1 is 1.00 bits per heavy atom. The molecule has 0 aliphatic rings. The lowest BCUT2D eigenvalue weighted by Crippen LogP contribution is -2.12. The van der Waals surface area contributed by atoms with Gasteiger partial charge in [-0.2, -0.15) is 0 Å². The third-order valence-electron chi connectivity index (χ3n) is 3.51. The van der Waals surface area contributed by atoms with Gasteiger partial charge in [-0.25, -0.2) is 13.4 Å². The molecule has 0 fully saturated rings. The van der Waals surface area contributed by atoms with Gasteiger partial charge in [-0.05, 0) is 37.3 Å². The minimum Gasteiger partial charge on any atom is -0.446 e. The van der Waals surface area contributed by atoms with E-state index in [1.807, 2.05) is 6.92 Å². The molecular weight excluding hydrogens is 383 g/mol. The zero-order valence-electron chi connectivity index (χ0n) is 13.4. The van der Waals surface area contributed by atoms with Gasteiger partial charge in [-0.3, -0.25) is 4.72 Å². The van der Waals surface area contributed by atoms with Gasteiger partial charge in [0.25, 0.3) is 10.0 Å². The fourth-order valence-corrected chi connectivity index (χ4v) is 3.71. The minimum atomic E-state index is -3.74. The van der Waals surface area contributed by atoms with Crippen LogP contribution in [-0.2, 0) is 10.0 Å². The van der Waals surface area contributed by atoms with Crippen molar-refractivity contribution in [2.75, 3.05) is 4.72 Å². The van der Waals surface area contributed by atoms with Crippen LogP contribution in [-0.4, -0.2) is 13.4 Å².